The Bertz CT molecular complexity index is 637. The van der Waals surface area contributed by atoms with E-state index >= 15 is 0 Å². The molecule has 23 heavy (non-hydrogen) atoms. The Hall–Kier alpha value is -2.29. The zero-order valence-electron chi connectivity index (χ0n) is 14.3. The molecule has 0 N–H and O–H groups in total. The topological polar surface area (TPSA) is 29.5 Å². The van der Waals surface area contributed by atoms with Crippen LogP contribution in [0.2, 0.25) is 0 Å². The maximum Gasteiger partial charge on any atom is 0.260 e. The van der Waals surface area contributed by atoms with Gasteiger partial charge in [0.15, 0.2) is 6.61 Å². The molecule has 0 aromatic heterocycles. The van der Waals surface area contributed by atoms with E-state index in [1.54, 1.807) is 4.90 Å². The van der Waals surface area contributed by atoms with Crippen LogP contribution in [0, 0.1) is 0 Å². The highest BCUT2D eigenvalue weighted by molar-refractivity contribution is 5.78. The van der Waals surface area contributed by atoms with E-state index in [0.29, 0.717) is 5.92 Å². The van der Waals surface area contributed by atoms with E-state index in [0.717, 1.165) is 11.3 Å². The van der Waals surface area contributed by atoms with Gasteiger partial charge in [-0.1, -0.05) is 56.3 Å². The number of likely N-dealkylation sites (N-methyl/N-ethyl adjacent to an activating group) is 1. The molecule has 0 aliphatic carbocycles. The van der Waals surface area contributed by atoms with Crippen molar-refractivity contribution in [3.05, 3.63) is 65.7 Å². The second-order valence-corrected chi connectivity index (χ2v) is 6.11. The molecule has 122 valence electrons. The highest BCUT2D eigenvalue weighted by Crippen LogP contribution is 2.21. The largest absolute Gasteiger partial charge is 0.484 e. The van der Waals surface area contributed by atoms with Crippen LogP contribution in [0.4, 0.5) is 0 Å². The van der Waals surface area contributed by atoms with Gasteiger partial charge in [-0.05, 0) is 36.1 Å². The van der Waals surface area contributed by atoms with Gasteiger partial charge >= 0.3 is 0 Å². The first-order valence-electron chi connectivity index (χ1n) is 8.02. The van der Waals surface area contributed by atoms with Crippen LogP contribution in [0.5, 0.6) is 5.75 Å². The van der Waals surface area contributed by atoms with Crippen LogP contribution in [0.25, 0.3) is 0 Å². The summed E-state index contributed by atoms with van der Waals surface area (Å²) in [6.07, 6.45) is 0. The Balaban J connectivity index is 1.95. The monoisotopic (exact) mass is 311 g/mol. The van der Waals surface area contributed by atoms with Crippen molar-refractivity contribution in [2.24, 2.45) is 0 Å². The average Bonchev–Trinajstić information content (AvgIpc) is 2.59. The lowest BCUT2D eigenvalue weighted by Crippen LogP contribution is -2.33. The molecule has 0 spiro atoms. The predicted octanol–water partition coefficient (Wildman–Crippen LogP) is 4.41. The fourth-order valence-electron chi connectivity index (χ4n) is 2.38. The molecule has 1 atom stereocenters. The van der Waals surface area contributed by atoms with E-state index in [-0.39, 0.29) is 18.6 Å². The zero-order valence-corrected chi connectivity index (χ0v) is 14.3. The average molecular weight is 311 g/mol. The number of hydrogen-bond acceptors (Lipinski definition) is 2. The zero-order chi connectivity index (χ0) is 16.8. The number of nitrogens with zero attached hydrogens (tertiary/aromatic N) is 1. The van der Waals surface area contributed by atoms with Crippen LogP contribution >= 0.6 is 0 Å². The summed E-state index contributed by atoms with van der Waals surface area (Å²) in [6.45, 7) is 6.35. The molecule has 3 heteroatoms. The molecular formula is C20H25NO2. The van der Waals surface area contributed by atoms with Crippen molar-refractivity contribution in [2.45, 2.75) is 32.7 Å². The minimum absolute atomic E-state index is 0.0225. The maximum absolute atomic E-state index is 12.4. The molecule has 1 unspecified atom stereocenters. The fourth-order valence-corrected chi connectivity index (χ4v) is 2.38. The molecule has 0 saturated carbocycles. The molecule has 0 fully saturated rings. The summed E-state index contributed by atoms with van der Waals surface area (Å²) in [5.41, 5.74) is 2.33. The highest BCUT2D eigenvalue weighted by Gasteiger charge is 2.17. The summed E-state index contributed by atoms with van der Waals surface area (Å²) in [7, 11) is 1.81. The van der Waals surface area contributed by atoms with Crippen LogP contribution in [0.3, 0.4) is 0 Å². The Labute approximate surface area is 138 Å². The standard InChI is InChI=1S/C20H25NO2/c1-15(2)18-11-8-12-19(13-18)23-14-20(22)21(4)16(3)17-9-6-5-7-10-17/h5-13,15-16H,14H2,1-4H3. The summed E-state index contributed by atoms with van der Waals surface area (Å²) < 4.78 is 5.67. The first-order chi connectivity index (χ1) is 11.0. The molecule has 2 aromatic rings. The Morgan fingerprint density at radius 1 is 1.00 bits per heavy atom. The molecule has 0 radical (unpaired) electrons. The summed E-state index contributed by atoms with van der Waals surface area (Å²) in [5, 5.41) is 0. The third-order valence-corrected chi connectivity index (χ3v) is 4.14. The van der Waals surface area contributed by atoms with Crippen molar-refractivity contribution >= 4 is 5.91 Å². The molecule has 0 heterocycles. The van der Waals surface area contributed by atoms with E-state index in [2.05, 4.69) is 19.9 Å². The third kappa shape index (κ3) is 4.59. The number of amides is 1. The third-order valence-electron chi connectivity index (χ3n) is 4.14. The van der Waals surface area contributed by atoms with Crippen molar-refractivity contribution < 1.29 is 9.53 Å². The molecule has 0 aliphatic heterocycles. The van der Waals surface area contributed by atoms with Crippen molar-refractivity contribution in [1.29, 1.82) is 0 Å². The van der Waals surface area contributed by atoms with Crippen LogP contribution in [0.15, 0.2) is 54.6 Å². The van der Waals surface area contributed by atoms with Crippen LogP contribution in [-0.2, 0) is 4.79 Å². The van der Waals surface area contributed by atoms with E-state index in [9.17, 15) is 4.79 Å². The maximum atomic E-state index is 12.4. The minimum atomic E-state index is -0.0312. The molecule has 0 bridgehead atoms. The summed E-state index contributed by atoms with van der Waals surface area (Å²) in [4.78, 5) is 14.1. The van der Waals surface area contributed by atoms with Crippen molar-refractivity contribution in [3.8, 4) is 5.75 Å². The highest BCUT2D eigenvalue weighted by atomic mass is 16.5. The van der Waals surface area contributed by atoms with Gasteiger partial charge in [0.25, 0.3) is 5.91 Å². The number of benzene rings is 2. The summed E-state index contributed by atoms with van der Waals surface area (Å²) in [5.74, 6) is 1.15. The first-order valence-corrected chi connectivity index (χ1v) is 8.02. The van der Waals surface area contributed by atoms with E-state index in [1.807, 2.05) is 62.5 Å². The van der Waals surface area contributed by atoms with Crippen LogP contribution < -0.4 is 4.74 Å². The van der Waals surface area contributed by atoms with Gasteiger partial charge < -0.3 is 9.64 Å². The number of hydrogen-bond donors (Lipinski definition) is 0. The van der Waals surface area contributed by atoms with Gasteiger partial charge in [0.05, 0.1) is 6.04 Å². The van der Waals surface area contributed by atoms with E-state index < -0.39 is 0 Å². The molecule has 1 amide bonds. The molecule has 2 rings (SSSR count). The Morgan fingerprint density at radius 2 is 1.65 bits per heavy atom. The molecule has 3 nitrogen and oxygen atoms in total. The van der Waals surface area contributed by atoms with Gasteiger partial charge in [0, 0.05) is 7.05 Å². The van der Waals surface area contributed by atoms with Crippen molar-refractivity contribution in [2.75, 3.05) is 13.7 Å². The second-order valence-electron chi connectivity index (χ2n) is 6.11. The van der Waals surface area contributed by atoms with Gasteiger partial charge in [-0.3, -0.25) is 4.79 Å². The minimum Gasteiger partial charge on any atom is -0.484 e. The van der Waals surface area contributed by atoms with Crippen LogP contribution in [-0.4, -0.2) is 24.5 Å². The Morgan fingerprint density at radius 3 is 2.30 bits per heavy atom. The smallest absolute Gasteiger partial charge is 0.260 e. The van der Waals surface area contributed by atoms with Gasteiger partial charge in [0.2, 0.25) is 0 Å². The van der Waals surface area contributed by atoms with Crippen LogP contribution in [0.1, 0.15) is 43.9 Å². The van der Waals surface area contributed by atoms with Gasteiger partial charge in [0.1, 0.15) is 5.75 Å². The van der Waals surface area contributed by atoms with Gasteiger partial charge in [-0.25, -0.2) is 0 Å². The lowest BCUT2D eigenvalue weighted by atomic mass is 10.0. The molecule has 0 aliphatic rings. The quantitative estimate of drug-likeness (QED) is 0.791. The lowest BCUT2D eigenvalue weighted by molar-refractivity contribution is -0.134. The number of carbonyl (C=O) groups is 1. The lowest BCUT2D eigenvalue weighted by Gasteiger charge is -2.25. The van der Waals surface area contributed by atoms with Gasteiger partial charge in [-0.2, -0.15) is 0 Å². The molecule has 0 saturated heterocycles. The predicted molar refractivity (Wildman–Crippen MR) is 93.7 cm³/mol. The molecule has 2 aromatic carbocycles. The normalized spacial score (nSPS) is 12.0. The fraction of sp³-hybridized carbons (Fsp3) is 0.350. The Kier molecular flexibility index (Phi) is 5.80. The molecular weight excluding hydrogens is 286 g/mol. The SMILES string of the molecule is CC(C)c1cccc(OCC(=O)N(C)C(C)c2ccccc2)c1. The second kappa shape index (κ2) is 7.82. The summed E-state index contributed by atoms with van der Waals surface area (Å²) >= 11 is 0. The summed E-state index contributed by atoms with van der Waals surface area (Å²) in [6, 6.07) is 17.9. The van der Waals surface area contributed by atoms with E-state index in [1.165, 1.54) is 5.56 Å². The number of ether oxygens (including phenoxy) is 1. The van der Waals surface area contributed by atoms with Crippen molar-refractivity contribution in [1.82, 2.24) is 4.90 Å². The number of rotatable bonds is 6. The van der Waals surface area contributed by atoms with E-state index in [4.69, 9.17) is 4.74 Å². The first kappa shape index (κ1) is 17.1. The number of carbonyl (C=O) groups excluding carboxylic acids is 1. The van der Waals surface area contributed by atoms with Gasteiger partial charge in [-0.15, -0.1) is 0 Å². The van der Waals surface area contributed by atoms with Crippen molar-refractivity contribution in [3.63, 3.8) is 0 Å².